The molecule has 0 aliphatic heterocycles. The predicted octanol–water partition coefficient (Wildman–Crippen LogP) is 2.24. The molecule has 5 nitrogen and oxygen atoms in total. The van der Waals surface area contributed by atoms with Gasteiger partial charge < -0.3 is 15.2 Å². The second kappa shape index (κ2) is 7.67. The Morgan fingerprint density at radius 2 is 2.10 bits per heavy atom. The van der Waals surface area contributed by atoms with Crippen LogP contribution in [0, 0.1) is 5.41 Å². The second-order valence-electron chi connectivity index (χ2n) is 5.35. The lowest BCUT2D eigenvalue weighted by molar-refractivity contribution is -0.148. The van der Waals surface area contributed by atoms with Crippen LogP contribution in [0.3, 0.4) is 0 Å². The Kier molecular flexibility index (Phi) is 6.21. The van der Waals surface area contributed by atoms with Gasteiger partial charge in [0.15, 0.2) is 0 Å². The van der Waals surface area contributed by atoms with Crippen LogP contribution in [0.2, 0.25) is 0 Å². The van der Waals surface area contributed by atoms with E-state index in [1.165, 1.54) is 0 Å². The number of benzene rings is 1. The monoisotopic (exact) mass is 293 g/mol. The Morgan fingerprint density at radius 1 is 1.38 bits per heavy atom. The quantitative estimate of drug-likeness (QED) is 0.771. The van der Waals surface area contributed by atoms with Crippen LogP contribution in [-0.4, -0.2) is 30.6 Å². The summed E-state index contributed by atoms with van der Waals surface area (Å²) in [6.07, 6.45) is 1.39. The molecule has 21 heavy (non-hydrogen) atoms. The number of methoxy groups -OCH3 is 1. The normalized spacial score (nSPS) is 13.3. The lowest BCUT2D eigenvalue weighted by atomic mass is 9.87. The van der Waals surface area contributed by atoms with Crippen LogP contribution in [0.4, 0.5) is 0 Å². The summed E-state index contributed by atoms with van der Waals surface area (Å²) in [6, 6.07) is 7.55. The van der Waals surface area contributed by atoms with Gasteiger partial charge in [-0.25, -0.2) is 0 Å². The highest BCUT2D eigenvalue weighted by atomic mass is 16.5. The number of carbonyl (C=O) groups excluding carboxylic acids is 1. The van der Waals surface area contributed by atoms with Crippen LogP contribution in [0.15, 0.2) is 24.3 Å². The molecule has 5 heteroatoms. The molecular weight excluding hydrogens is 270 g/mol. The highest BCUT2D eigenvalue weighted by Crippen LogP contribution is 2.20. The maximum absolute atomic E-state index is 11.8. The van der Waals surface area contributed by atoms with E-state index in [4.69, 9.17) is 9.84 Å². The van der Waals surface area contributed by atoms with Gasteiger partial charge in [-0.15, -0.1) is 0 Å². The smallest absolute Gasteiger partial charge is 0.311 e. The fraction of sp³-hybridized carbons (Fsp3) is 0.500. The van der Waals surface area contributed by atoms with Gasteiger partial charge in [-0.1, -0.05) is 19.1 Å². The molecule has 0 spiro atoms. The lowest BCUT2D eigenvalue weighted by Crippen LogP contribution is -2.40. The van der Waals surface area contributed by atoms with Crippen LogP contribution in [0.25, 0.3) is 0 Å². The van der Waals surface area contributed by atoms with Crippen molar-refractivity contribution in [2.24, 2.45) is 5.41 Å². The van der Waals surface area contributed by atoms with Crippen molar-refractivity contribution in [1.29, 1.82) is 0 Å². The molecular formula is C16H23NO4. The molecule has 2 N–H and O–H groups in total. The first-order chi connectivity index (χ1) is 9.91. The Morgan fingerprint density at radius 3 is 2.67 bits per heavy atom. The third-order valence-corrected chi connectivity index (χ3v) is 3.75. The molecule has 1 atom stereocenters. The number of hydrogen-bond donors (Lipinski definition) is 2. The number of aliphatic carboxylic acids is 1. The lowest BCUT2D eigenvalue weighted by Gasteiger charge is -2.23. The Hall–Kier alpha value is -2.04. The molecule has 0 aliphatic carbocycles. The van der Waals surface area contributed by atoms with E-state index < -0.39 is 11.4 Å². The summed E-state index contributed by atoms with van der Waals surface area (Å²) in [7, 11) is 1.60. The molecule has 1 unspecified atom stereocenters. The van der Waals surface area contributed by atoms with E-state index in [2.05, 4.69) is 5.32 Å². The third kappa shape index (κ3) is 5.10. The van der Waals surface area contributed by atoms with E-state index in [9.17, 15) is 9.59 Å². The van der Waals surface area contributed by atoms with Gasteiger partial charge >= 0.3 is 5.97 Å². The highest BCUT2D eigenvalue weighted by Gasteiger charge is 2.31. The molecule has 1 aromatic carbocycles. The largest absolute Gasteiger partial charge is 0.497 e. The average molecular weight is 293 g/mol. The fourth-order valence-electron chi connectivity index (χ4n) is 1.82. The van der Waals surface area contributed by atoms with Crippen molar-refractivity contribution < 1.29 is 19.4 Å². The number of amides is 1. The molecule has 0 saturated carbocycles. The van der Waals surface area contributed by atoms with E-state index >= 15 is 0 Å². The molecule has 0 aliphatic rings. The maximum Gasteiger partial charge on any atom is 0.311 e. The molecule has 1 amide bonds. The van der Waals surface area contributed by atoms with Crippen LogP contribution >= 0.6 is 0 Å². The first kappa shape index (κ1) is 17.0. The zero-order valence-electron chi connectivity index (χ0n) is 12.8. The first-order valence-electron chi connectivity index (χ1n) is 7.04. The number of carboxylic acids is 1. The second-order valence-corrected chi connectivity index (χ2v) is 5.35. The SMILES string of the molecule is CCC(C)(CNC(=O)CCc1cccc(OC)c1)C(=O)O. The highest BCUT2D eigenvalue weighted by molar-refractivity contribution is 5.79. The summed E-state index contributed by atoms with van der Waals surface area (Å²) >= 11 is 0. The Balaban J connectivity index is 2.45. The van der Waals surface area contributed by atoms with Gasteiger partial charge in [0, 0.05) is 13.0 Å². The van der Waals surface area contributed by atoms with Crippen LogP contribution in [0.5, 0.6) is 5.75 Å². The molecule has 0 radical (unpaired) electrons. The van der Waals surface area contributed by atoms with Crippen molar-refractivity contribution in [2.75, 3.05) is 13.7 Å². The summed E-state index contributed by atoms with van der Waals surface area (Å²) in [5, 5.41) is 11.8. The Bertz CT molecular complexity index is 501. The summed E-state index contributed by atoms with van der Waals surface area (Å²) in [4.78, 5) is 23.0. The molecule has 0 bridgehead atoms. The van der Waals surface area contributed by atoms with Gasteiger partial charge in [-0.05, 0) is 37.5 Å². The van der Waals surface area contributed by atoms with E-state index in [-0.39, 0.29) is 12.5 Å². The topological polar surface area (TPSA) is 75.6 Å². The average Bonchev–Trinajstić information content (AvgIpc) is 2.50. The van der Waals surface area contributed by atoms with E-state index in [1.807, 2.05) is 24.3 Å². The molecule has 0 aromatic heterocycles. The van der Waals surface area contributed by atoms with Crippen molar-refractivity contribution >= 4 is 11.9 Å². The summed E-state index contributed by atoms with van der Waals surface area (Å²) in [6.45, 7) is 3.59. The first-order valence-corrected chi connectivity index (χ1v) is 7.04. The number of hydrogen-bond acceptors (Lipinski definition) is 3. The van der Waals surface area contributed by atoms with Crippen LogP contribution < -0.4 is 10.1 Å². The Labute approximate surface area is 125 Å². The predicted molar refractivity (Wildman–Crippen MR) is 80.4 cm³/mol. The maximum atomic E-state index is 11.8. The standard InChI is InChI=1S/C16H23NO4/c1-4-16(2,15(19)20)11-17-14(18)9-8-12-6-5-7-13(10-12)21-3/h5-7,10H,4,8-9,11H2,1-3H3,(H,17,18)(H,19,20). The molecule has 1 aromatic rings. The van der Waals surface area contributed by atoms with Gasteiger partial charge in [0.05, 0.1) is 12.5 Å². The number of aryl methyl sites for hydroxylation is 1. The van der Waals surface area contributed by atoms with Crippen LogP contribution in [0.1, 0.15) is 32.3 Å². The summed E-state index contributed by atoms with van der Waals surface area (Å²) in [5.41, 5.74) is 0.104. The van der Waals surface area contributed by atoms with Gasteiger partial charge in [-0.3, -0.25) is 9.59 Å². The van der Waals surface area contributed by atoms with Gasteiger partial charge in [0.1, 0.15) is 5.75 Å². The summed E-state index contributed by atoms with van der Waals surface area (Å²) in [5.74, 6) is -0.269. The molecule has 0 fully saturated rings. The van der Waals surface area contributed by atoms with E-state index in [0.717, 1.165) is 11.3 Å². The third-order valence-electron chi connectivity index (χ3n) is 3.75. The van der Waals surface area contributed by atoms with E-state index in [0.29, 0.717) is 19.3 Å². The van der Waals surface area contributed by atoms with Gasteiger partial charge in [0.25, 0.3) is 0 Å². The van der Waals surface area contributed by atoms with Crippen molar-refractivity contribution in [1.82, 2.24) is 5.32 Å². The minimum absolute atomic E-state index is 0.140. The van der Waals surface area contributed by atoms with Crippen molar-refractivity contribution in [2.45, 2.75) is 33.1 Å². The molecule has 0 heterocycles. The number of ether oxygens (including phenoxy) is 1. The molecule has 1 rings (SSSR count). The van der Waals surface area contributed by atoms with Crippen molar-refractivity contribution in [3.63, 3.8) is 0 Å². The van der Waals surface area contributed by atoms with Crippen molar-refractivity contribution in [3.8, 4) is 5.75 Å². The fourth-order valence-corrected chi connectivity index (χ4v) is 1.82. The zero-order valence-corrected chi connectivity index (χ0v) is 12.8. The van der Waals surface area contributed by atoms with E-state index in [1.54, 1.807) is 21.0 Å². The number of carboxylic acid groups (broad SMARTS) is 1. The minimum Gasteiger partial charge on any atom is -0.497 e. The number of nitrogens with one attached hydrogen (secondary N) is 1. The zero-order chi connectivity index (χ0) is 15.9. The van der Waals surface area contributed by atoms with Gasteiger partial charge in [-0.2, -0.15) is 0 Å². The van der Waals surface area contributed by atoms with Crippen LogP contribution in [-0.2, 0) is 16.0 Å². The van der Waals surface area contributed by atoms with Crippen molar-refractivity contribution in [3.05, 3.63) is 29.8 Å². The minimum atomic E-state index is -0.911. The molecule has 0 saturated heterocycles. The van der Waals surface area contributed by atoms with Gasteiger partial charge in [0.2, 0.25) is 5.91 Å². The molecule has 116 valence electrons. The summed E-state index contributed by atoms with van der Waals surface area (Å²) < 4.78 is 5.13. The number of carbonyl (C=O) groups is 2. The number of rotatable bonds is 8.